The van der Waals surface area contributed by atoms with E-state index in [4.69, 9.17) is 4.74 Å². The lowest BCUT2D eigenvalue weighted by Crippen LogP contribution is -2.32. The van der Waals surface area contributed by atoms with Crippen molar-refractivity contribution in [3.63, 3.8) is 0 Å². The van der Waals surface area contributed by atoms with Crippen molar-refractivity contribution in [2.45, 2.75) is 30.8 Å². The smallest absolute Gasteiger partial charge is 0.494 e. The van der Waals surface area contributed by atoms with Crippen molar-refractivity contribution in [3.05, 3.63) is 111 Å². The van der Waals surface area contributed by atoms with Gasteiger partial charge >= 0.3 is 6.36 Å². The molecule has 0 amide bonds. The Morgan fingerprint density at radius 2 is 1.67 bits per heavy atom. The number of thioether (sulfide) groups is 1. The van der Waals surface area contributed by atoms with Gasteiger partial charge < -0.3 is 14.7 Å². The zero-order valence-corrected chi connectivity index (χ0v) is 23.3. The Morgan fingerprint density at radius 1 is 1.02 bits per heavy atom. The summed E-state index contributed by atoms with van der Waals surface area (Å²) in [4.78, 5) is 14.2. The molecule has 224 valence electrons. The summed E-state index contributed by atoms with van der Waals surface area (Å²) < 4.78 is 93.3. The zero-order valence-electron chi connectivity index (χ0n) is 22.5. The summed E-state index contributed by atoms with van der Waals surface area (Å²) in [5.41, 5.74) is -0.399. The van der Waals surface area contributed by atoms with Gasteiger partial charge in [-0.3, -0.25) is 9.36 Å². The summed E-state index contributed by atoms with van der Waals surface area (Å²) in [6.07, 6.45) is -5.20. The standard InChI is InChI=1S/C30H22F6N2O4S/c1-15-19(13-20-21(31)6-4-7-22(20)32)29-38(28(39)25(15)18-5-3-8-24(41-2)26(18)33)23(14-43-29)27(37-40)16-9-11-17(12-10-16)42-30(34,35)36/h3-12,23,40H,13-14H2,1-2H3. The van der Waals surface area contributed by atoms with Crippen molar-refractivity contribution in [1.82, 2.24) is 4.57 Å². The molecule has 2 heterocycles. The van der Waals surface area contributed by atoms with Crippen LogP contribution in [0.1, 0.15) is 28.3 Å². The number of methoxy groups -OCH3 is 1. The molecule has 0 aliphatic carbocycles. The van der Waals surface area contributed by atoms with E-state index in [0.717, 1.165) is 36.0 Å². The molecule has 1 N–H and O–H groups in total. The first-order valence-electron chi connectivity index (χ1n) is 12.7. The first-order chi connectivity index (χ1) is 20.4. The Labute approximate surface area is 245 Å². The van der Waals surface area contributed by atoms with E-state index in [9.17, 15) is 32.0 Å². The van der Waals surface area contributed by atoms with Crippen LogP contribution >= 0.6 is 11.8 Å². The van der Waals surface area contributed by atoms with E-state index in [1.54, 1.807) is 6.92 Å². The molecule has 6 nitrogen and oxygen atoms in total. The van der Waals surface area contributed by atoms with Crippen LogP contribution in [0.4, 0.5) is 26.3 Å². The maximum atomic E-state index is 15.5. The summed E-state index contributed by atoms with van der Waals surface area (Å²) in [5.74, 6) is -2.97. The van der Waals surface area contributed by atoms with Crippen molar-refractivity contribution < 1.29 is 41.0 Å². The zero-order chi connectivity index (χ0) is 31.1. The van der Waals surface area contributed by atoms with Crippen LogP contribution in [-0.4, -0.2) is 34.7 Å². The molecular weight excluding hydrogens is 598 g/mol. The lowest BCUT2D eigenvalue weighted by molar-refractivity contribution is -0.274. The van der Waals surface area contributed by atoms with Crippen molar-refractivity contribution >= 4 is 17.5 Å². The third-order valence-electron chi connectivity index (χ3n) is 7.10. The molecule has 0 bridgehead atoms. The van der Waals surface area contributed by atoms with Gasteiger partial charge in [0.25, 0.3) is 5.56 Å². The molecule has 4 aromatic rings. The quantitative estimate of drug-likeness (QED) is 0.102. The Balaban J connectivity index is 1.71. The number of oxime groups is 1. The molecule has 0 spiro atoms. The highest BCUT2D eigenvalue weighted by Crippen LogP contribution is 2.42. The van der Waals surface area contributed by atoms with E-state index in [0.29, 0.717) is 10.6 Å². The average Bonchev–Trinajstić information content (AvgIpc) is 3.39. The molecule has 0 fully saturated rings. The number of fused-ring (bicyclic) bond motifs is 1. The molecule has 1 atom stereocenters. The number of benzene rings is 3. The van der Waals surface area contributed by atoms with E-state index in [2.05, 4.69) is 9.89 Å². The number of pyridine rings is 1. The van der Waals surface area contributed by atoms with Gasteiger partial charge in [0, 0.05) is 28.9 Å². The fourth-order valence-corrected chi connectivity index (χ4v) is 6.48. The van der Waals surface area contributed by atoms with Gasteiger partial charge in [0.2, 0.25) is 0 Å². The maximum Gasteiger partial charge on any atom is 0.573 e. The van der Waals surface area contributed by atoms with Crippen molar-refractivity contribution in [3.8, 4) is 22.6 Å². The monoisotopic (exact) mass is 620 g/mol. The topological polar surface area (TPSA) is 73.1 Å². The molecule has 0 saturated heterocycles. The van der Waals surface area contributed by atoms with Crippen LogP contribution in [0.2, 0.25) is 0 Å². The highest BCUT2D eigenvalue weighted by atomic mass is 32.2. The van der Waals surface area contributed by atoms with Gasteiger partial charge in [0.15, 0.2) is 11.6 Å². The highest BCUT2D eigenvalue weighted by molar-refractivity contribution is 7.99. The molecule has 1 aliphatic rings. The minimum absolute atomic E-state index is 0.0733. The molecule has 1 aromatic heterocycles. The van der Waals surface area contributed by atoms with E-state index < -0.39 is 41.2 Å². The molecule has 13 heteroatoms. The van der Waals surface area contributed by atoms with E-state index in [-0.39, 0.29) is 51.5 Å². The van der Waals surface area contributed by atoms with Gasteiger partial charge in [-0.2, -0.15) is 0 Å². The van der Waals surface area contributed by atoms with Crippen LogP contribution in [0, 0.1) is 24.4 Å². The predicted molar refractivity (Wildman–Crippen MR) is 148 cm³/mol. The van der Waals surface area contributed by atoms with Gasteiger partial charge in [-0.25, -0.2) is 13.2 Å². The van der Waals surface area contributed by atoms with Gasteiger partial charge in [-0.1, -0.05) is 23.4 Å². The normalized spacial score (nSPS) is 15.0. The molecule has 43 heavy (non-hydrogen) atoms. The molecule has 1 aliphatic heterocycles. The second kappa shape index (κ2) is 11.7. The third kappa shape index (κ3) is 5.68. The van der Waals surface area contributed by atoms with Gasteiger partial charge in [-0.15, -0.1) is 24.9 Å². The SMILES string of the molecule is COc1cccc(-c2c(C)c(Cc3c(F)cccc3F)c3n(c2=O)C(C(=NO)c2ccc(OC(F)(F)F)cc2)CS3)c1F. The van der Waals surface area contributed by atoms with Gasteiger partial charge in [0.05, 0.1) is 23.7 Å². The minimum Gasteiger partial charge on any atom is -0.494 e. The second-order valence-electron chi connectivity index (χ2n) is 9.54. The van der Waals surface area contributed by atoms with Crippen LogP contribution in [0.15, 0.2) is 75.6 Å². The van der Waals surface area contributed by atoms with E-state index in [1.807, 2.05) is 0 Å². The average molecular weight is 621 g/mol. The van der Waals surface area contributed by atoms with Gasteiger partial charge in [-0.05, 0) is 60.5 Å². The van der Waals surface area contributed by atoms with E-state index in [1.165, 1.54) is 48.1 Å². The predicted octanol–water partition coefficient (Wildman–Crippen LogP) is 7.26. The van der Waals surface area contributed by atoms with Gasteiger partial charge in [0.1, 0.15) is 23.1 Å². The number of hydrogen-bond acceptors (Lipinski definition) is 6. The Morgan fingerprint density at radius 3 is 2.28 bits per heavy atom. The maximum absolute atomic E-state index is 15.5. The largest absolute Gasteiger partial charge is 0.573 e. The fourth-order valence-electron chi connectivity index (χ4n) is 5.11. The van der Waals surface area contributed by atoms with Crippen LogP contribution in [0.5, 0.6) is 11.5 Å². The number of ether oxygens (including phenoxy) is 2. The van der Waals surface area contributed by atoms with Crippen LogP contribution in [-0.2, 0) is 6.42 Å². The number of halogens is 6. The first-order valence-corrected chi connectivity index (χ1v) is 13.7. The number of aromatic nitrogens is 1. The molecule has 1 unspecified atom stereocenters. The van der Waals surface area contributed by atoms with Crippen molar-refractivity contribution in [2.24, 2.45) is 5.16 Å². The second-order valence-corrected chi connectivity index (χ2v) is 10.6. The fraction of sp³-hybridized carbons (Fsp3) is 0.200. The van der Waals surface area contributed by atoms with Crippen LogP contribution < -0.4 is 15.0 Å². The Hall–Kier alpha value is -4.39. The highest BCUT2D eigenvalue weighted by Gasteiger charge is 2.36. The molecular formula is C30H22F6N2O4S. The Bertz CT molecular complexity index is 1770. The van der Waals surface area contributed by atoms with Crippen molar-refractivity contribution in [2.75, 3.05) is 12.9 Å². The number of nitrogens with zero attached hydrogens (tertiary/aromatic N) is 2. The molecule has 0 saturated carbocycles. The summed E-state index contributed by atoms with van der Waals surface area (Å²) >= 11 is 1.16. The molecule has 5 rings (SSSR count). The number of alkyl halides is 3. The van der Waals surface area contributed by atoms with Crippen LogP contribution in [0.3, 0.4) is 0 Å². The Kier molecular flexibility index (Phi) is 8.19. The summed E-state index contributed by atoms with van der Waals surface area (Å²) in [5, 5.41) is 13.7. The third-order valence-corrected chi connectivity index (χ3v) is 8.30. The summed E-state index contributed by atoms with van der Waals surface area (Å²) in [7, 11) is 1.26. The van der Waals surface area contributed by atoms with Crippen molar-refractivity contribution in [1.29, 1.82) is 0 Å². The number of rotatable bonds is 7. The summed E-state index contributed by atoms with van der Waals surface area (Å²) in [6, 6.07) is 11.2. The first kappa shape index (κ1) is 30.1. The molecule has 3 aromatic carbocycles. The summed E-state index contributed by atoms with van der Waals surface area (Å²) in [6.45, 7) is 1.55. The lowest BCUT2D eigenvalue weighted by Gasteiger charge is -2.22. The van der Waals surface area contributed by atoms with Crippen LogP contribution in [0.25, 0.3) is 11.1 Å². The lowest BCUT2D eigenvalue weighted by atomic mass is 9.93. The minimum atomic E-state index is -4.92. The number of hydrogen-bond donors (Lipinski definition) is 1. The molecule has 0 radical (unpaired) electrons. The van der Waals surface area contributed by atoms with E-state index >= 15 is 4.39 Å².